The first-order valence-corrected chi connectivity index (χ1v) is 8.27. The van der Waals surface area contributed by atoms with Gasteiger partial charge in [0.15, 0.2) is 9.84 Å². The van der Waals surface area contributed by atoms with Crippen molar-refractivity contribution in [3.63, 3.8) is 0 Å². The van der Waals surface area contributed by atoms with Crippen LogP contribution in [0.3, 0.4) is 0 Å². The molecule has 104 valence electrons. The number of pyridine rings is 1. The third-order valence-electron chi connectivity index (χ3n) is 2.60. The van der Waals surface area contributed by atoms with Crippen LogP contribution >= 0.6 is 15.9 Å². The van der Waals surface area contributed by atoms with Gasteiger partial charge in [0, 0.05) is 17.1 Å². The average Bonchev–Trinajstić information content (AvgIpc) is 2.77. The first-order valence-electron chi connectivity index (χ1n) is 5.66. The Morgan fingerprint density at radius 1 is 1.47 bits per heavy atom. The number of hydrogen-bond acceptors (Lipinski definition) is 6. The smallest absolute Gasteiger partial charge is 0.156 e. The molecule has 0 aromatic carbocycles. The summed E-state index contributed by atoms with van der Waals surface area (Å²) in [6.07, 6.45) is 1.55. The van der Waals surface area contributed by atoms with E-state index in [9.17, 15) is 8.42 Å². The zero-order chi connectivity index (χ0) is 13.9. The molecule has 0 aliphatic carbocycles. The van der Waals surface area contributed by atoms with E-state index in [2.05, 4.69) is 26.1 Å². The molecule has 19 heavy (non-hydrogen) atoms. The van der Waals surface area contributed by atoms with Gasteiger partial charge in [-0.3, -0.25) is 4.98 Å². The third-order valence-corrected chi connectivity index (χ3v) is 4.75. The van der Waals surface area contributed by atoms with Crippen LogP contribution < -0.4 is 0 Å². The summed E-state index contributed by atoms with van der Waals surface area (Å²) < 4.78 is 24.0. The molecule has 8 heteroatoms. The fourth-order valence-corrected chi connectivity index (χ4v) is 3.15. The van der Waals surface area contributed by atoms with Crippen molar-refractivity contribution in [3.05, 3.63) is 28.5 Å². The molecule has 0 saturated carbocycles. The summed E-state index contributed by atoms with van der Waals surface area (Å²) in [6.45, 7) is -0.378. The van der Waals surface area contributed by atoms with Crippen molar-refractivity contribution in [1.29, 1.82) is 0 Å². The van der Waals surface area contributed by atoms with Gasteiger partial charge in [-0.15, -0.1) is 0 Å². The van der Waals surface area contributed by atoms with Crippen molar-refractivity contribution in [2.45, 2.75) is 12.5 Å². The van der Waals surface area contributed by atoms with E-state index >= 15 is 0 Å². The molecule has 1 atom stereocenters. The molecule has 1 N–H and O–H groups in total. The lowest BCUT2D eigenvalue weighted by atomic mass is 10.1. The Bertz CT molecular complexity index is 571. The number of halogens is 1. The number of sulfone groups is 1. The maximum atomic E-state index is 11.6. The van der Waals surface area contributed by atoms with Crippen LogP contribution in [0, 0.1) is 0 Å². The topological polar surface area (TPSA) is 88.9 Å². The number of nitrogens with zero attached hydrogens (tertiary/aromatic N) is 2. The Kier molecular flexibility index (Phi) is 4.54. The molecule has 0 radical (unpaired) electrons. The Hall–Kier alpha value is -0.990. The van der Waals surface area contributed by atoms with Crippen LogP contribution in [0.25, 0.3) is 0 Å². The highest BCUT2D eigenvalue weighted by molar-refractivity contribution is 9.10. The first kappa shape index (κ1) is 14.4. The van der Waals surface area contributed by atoms with Gasteiger partial charge in [0.1, 0.15) is 11.8 Å². The second-order valence-electron chi connectivity index (χ2n) is 4.17. The van der Waals surface area contributed by atoms with Crippen LogP contribution in [-0.4, -0.2) is 48.4 Å². The second kappa shape index (κ2) is 5.98. The van der Waals surface area contributed by atoms with E-state index in [4.69, 9.17) is 9.94 Å². The molecule has 0 amide bonds. The van der Waals surface area contributed by atoms with Crippen molar-refractivity contribution in [2.24, 2.45) is 5.16 Å². The number of rotatable bonds is 5. The van der Waals surface area contributed by atoms with Gasteiger partial charge in [-0.25, -0.2) is 8.42 Å². The van der Waals surface area contributed by atoms with E-state index in [1.807, 2.05) is 6.07 Å². The lowest BCUT2D eigenvalue weighted by molar-refractivity contribution is 0.101. The van der Waals surface area contributed by atoms with E-state index in [0.29, 0.717) is 17.8 Å². The Balaban J connectivity index is 1.98. The molecule has 0 fully saturated rings. The van der Waals surface area contributed by atoms with Crippen LogP contribution in [0.4, 0.5) is 0 Å². The highest BCUT2D eigenvalue weighted by Crippen LogP contribution is 2.18. The quantitative estimate of drug-likeness (QED) is 0.847. The first-order chi connectivity index (χ1) is 9.00. The van der Waals surface area contributed by atoms with Crippen molar-refractivity contribution in [1.82, 2.24) is 4.98 Å². The standard InChI is InChI=1S/C11H13BrN2O4S/c12-8-1-2-10(13-6-8)11-5-9(18-14-11)7-19(16,17)4-3-15/h1-2,6,9,15H,3-5,7H2. The van der Waals surface area contributed by atoms with Gasteiger partial charge in [0.25, 0.3) is 0 Å². The zero-order valence-corrected chi connectivity index (χ0v) is 12.4. The normalized spacial score (nSPS) is 19.1. The average molecular weight is 349 g/mol. The van der Waals surface area contributed by atoms with E-state index < -0.39 is 15.9 Å². The fraction of sp³-hybridized carbons (Fsp3) is 0.455. The highest BCUT2D eigenvalue weighted by atomic mass is 79.9. The Labute approximate surface area is 119 Å². The van der Waals surface area contributed by atoms with Gasteiger partial charge in [-0.05, 0) is 28.1 Å². The monoisotopic (exact) mass is 348 g/mol. The van der Waals surface area contributed by atoms with Crippen molar-refractivity contribution < 1.29 is 18.4 Å². The summed E-state index contributed by atoms with van der Waals surface area (Å²) in [5.74, 6) is -0.393. The number of aliphatic hydroxyl groups excluding tert-OH is 1. The molecule has 0 spiro atoms. The predicted octanol–water partition coefficient (Wildman–Crippen LogP) is 0.744. The minimum absolute atomic E-state index is 0.142. The lowest BCUT2D eigenvalue weighted by Crippen LogP contribution is -2.24. The summed E-state index contributed by atoms with van der Waals surface area (Å²) in [5, 5.41) is 12.5. The maximum absolute atomic E-state index is 11.6. The number of aromatic nitrogens is 1. The molecular formula is C11H13BrN2O4S. The van der Waals surface area contributed by atoms with Crippen LogP contribution in [-0.2, 0) is 14.7 Å². The largest absolute Gasteiger partial charge is 0.395 e. The van der Waals surface area contributed by atoms with Gasteiger partial charge >= 0.3 is 0 Å². The van der Waals surface area contributed by atoms with Crippen molar-refractivity contribution >= 4 is 31.5 Å². The van der Waals surface area contributed by atoms with Gasteiger partial charge in [-0.1, -0.05) is 5.16 Å². The second-order valence-corrected chi connectivity index (χ2v) is 7.31. The lowest BCUT2D eigenvalue weighted by Gasteiger charge is -2.07. The summed E-state index contributed by atoms with van der Waals surface area (Å²) >= 11 is 3.29. The number of aliphatic hydroxyl groups is 1. The van der Waals surface area contributed by atoms with Crippen LogP contribution in [0.2, 0.25) is 0 Å². The minimum Gasteiger partial charge on any atom is -0.395 e. The SMILES string of the molecule is O=S(=O)(CCO)CC1CC(c2ccc(Br)cn2)=NO1. The number of hydrogen-bond donors (Lipinski definition) is 1. The van der Waals surface area contributed by atoms with Crippen LogP contribution in [0.15, 0.2) is 28.0 Å². The van der Waals surface area contributed by atoms with Crippen LogP contribution in [0.5, 0.6) is 0 Å². The molecule has 1 unspecified atom stereocenters. The maximum Gasteiger partial charge on any atom is 0.156 e. The van der Waals surface area contributed by atoms with Crippen molar-refractivity contribution in [2.75, 3.05) is 18.1 Å². The number of oxime groups is 1. The van der Waals surface area contributed by atoms with Gasteiger partial charge < -0.3 is 9.94 Å². The summed E-state index contributed by atoms with van der Waals surface area (Å²) in [7, 11) is -3.30. The van der Waals surface area contributed by atoms with E-state index in [1.165, 1.54) is 0 Å². The molecule has 1 aliphatic rings. The third kappa shape index (κ3) is 3.99. The van der Waals surface area contributed by atoms with Gasteiger partial charge in [0.05, 0.1) is 23.8 Å². The summed E-state index contributed by atoms with van der Waals surface area (Å²) in [5.41, 5.74) is 1.31. The highest BCUT2D eigenvalue weighted by Gasteiger charge is 2.27. The predicted molar refractivity (Wildman–Crippen MR) is 73.7 cm³/mol. The molecule has 2 rings (SSSR count). The van der Waals surface area contributed by atoms with Crippen molar-refractivity contribution in [3.8, 4) is 0 Å². The molecule has 1 aliphatic heterocycles. The molecular weight excluding hydrogens is 336 g/mol. The fourth-order valence-electron chi connectivity index (χ4n) is 1.72. The molecule has 6 nitrogen and oxygen atoms in total. The Morgan fingerprint density at radius 3 is 2.89 bits per heavy atom. The summed E-state index contributed by atoms with van der Waals surface area (Å²) in [4.78, 5) is 9.29. The molecule has 0 bridgehead atoms. The molecule has 0 saturated heterocycles. The Morgan fingerprint density at radius 2 is 2.26 bits per heavy atom. The molecule has 1 aromatic heterocycles. The van der Waals surface area contributed by atoms with Gasteiger partial charge in [0.2, 0.25) is 0 Å². The van der Waals surface area contributed by atoms with E-state index in [1.54, 1.807) is 12.3 Å². The zero-order valence-electron chi connectivity index (χ0n) is 9.99. The van der Waals surface area contributed by atoms with Crippen LogP contribution in [0.1, 0.15) is 12.1 Å². The van der Waals surface area contributed by atoms with E-state index in [-0.39, 0.29) is 18.1 Å². The molecule has 2 heterocycles. The minimum atomic E-state index is -3.30. The molecule has 1 aromatic rings. The van der Waals surface area contributed by atoms with Gasteiger partial charge in [-0.2, -0.15) is 0 Å². The summed E-state index contributed by atoms with van der Waals surface area (Å²) in [6, 6.07) is 3.62. The van der Waals surface area contributed by atoms with E-state index in [0.717, 1.165) is 4.47 Å².